The average Bonchev–Trinajstić information content (AvgIpc) is 2.72. The van der Waals surface area contributed by atoms with E-state index in [0.29, 0.717) is 6.54 Å². The van der Waals surface area contributed by atoms with E-state index < -0.39 is 0 Å². The smallest absolute Gasteiger partial charge is 0.125 e. The Balaban J connectivity index is 2.06. The lowest BCUT2D eigenvalue weighted by Gasteiger charge is -2.22. The summed E-state index contributed by atoms with van der Waals surface area (Å²) in [6.07, 6.45) is 4.17. The Morgan fingerprint density at radius 3 is 2.78 bits per heavy atom. The molecule has 0 saturated heterocycles. The van der Waals surface area contributed by atoms with Gasteiger partial charge in [0.2, 0.25) is 0 Å². The fraction of sp³-hybridized carbons (Fsp3) is 0.467. The fourth-order valence-corrected chi connectivity index (χ4v) is 2.18. The zero-order valence-corrected chi connectivity index (χ0v) is 11.1. The summed E-state index contributed by atoms with van der Waals surface area (Å²) >= 11 is 0. The van der Waals surface area contributed by atoms with Gasteiger partial charge in [-0.3, -0.25) is 0 Å². The maximum Gasteiger partial charge on any atom is 0.125 e. The maximum atomic E-state index is 13.2. The van der Waals surface area contributed by atoms with Gasteiger partial charge in [-0.1, -0.05) is 13.8 Å². The molecule has 0 bridgehead atoms. The van der Waals surface area contributed by atoms with E-state index in [4.69, 9.17) is 5.73 Å². The molecule has 0 aliphatic carbocycles. The number of aromatic nitrogens is 1. The van der Waals surface area contributed by atoms with Crippen LogP contribution in [0.3, 0.4) is 0 Å². The van der Waals surface area contributed by atoms with Crippen molar-refractivity contribution in [1.82, 2.24) is 4.57 Å². The van der Waals surface area contributed by atoms with Crippen LogP contribution in [0.2, 0.25) is 0 Å². The molecule has 98 valence electrons. The molecule has 1 aromatic carbocycles. The minimum absolute atomic E-state index is 0.176. The summed E-state index contributed by atoms with van der Waals surface area (Å²) < 4.78 is 15.3. The normalized spacial score (nSPS) is 12.2. The van der Waals surface area contributed by atoms with Gasteiger partial charge in [-0.25, -0.2) is 4.39 Å². The van der Waals surface area contributed by atoms with Gasteiger partial charge in [0.25, 0.3) is 0 Å². The second kappa shape index (κ2) is 5.11. The number of fused-ring (bicyclic) bond motifs is 1. The van der Waals surface area contributed by atoms with Gasteiger partial charge >= 0.3 is 0 Å². The Bertz CT molecular complexity index is 528. The van der Waals surface area contributed by atoms with Gasteiger partial charge in [-0.05, 0) is 54.5 Å². The van der Waals surface area contributed by atoms with Crippen molar-refractivity contribution in [2.45, 2.75) is 33.2 Å². The third-order valence-electron chi connectivity index (χ3n) is 3.54. The summed E-state index contributed by atoms with van der Waals surface area (Å²) in [6, 6.07) is 6.96. The second-order valence-corrected chi connectivity index (χ2v) is 5.68. The van der Waals surface area contributed by atoms with Crippen LogP contribution in [-0.2, 0) is 6.54 Å². The van der Waals surface area contributed by atoms with Crippen molar-refractivity contribution in [1.29, 1.82) is 0 Å². The van der Waals surface area contributed by atoms with Gasteiger partial charge in [0, 0.05) is 12.7 Å². The summed E-state index contributed by atoms with van der Waals surface area (Å²) in [4.78, 5) is 0. The van der Waals surface area contributed by atoms with Gasteiger partial charge in [0.1, 0.15) is 5.82 Å². The molecule has 1 aromatic heterocycles. The first-order valence-corrected chi connectivity index (χ1v) is 6.46. The van der Waals surface area contributed by atoms with Crippen LogP contribution in [0.25, 0.3) is 10.9 Å². The second-order valence-electron chi connectivity index (χ2n) is 5.68. The van der Waals surface area contributed by atoms with Gasteiger partial charge < -0.3 is 10.3 Å². The van der Waals surface area contributed by atoms with Crippen LogP contribution in [-0.4, -0.2) is 11.1 Å². The highest BCUT2D eigenvalue weighted by molar-refractivity contribution is 5.80. The van der Waals surface area contributed by atoms with Crippen LogP contribution < -0.4 is 5.73 Å². The SMILES string of the molecule is CC(C)(CN)CCCn1ccc2ccc(F)cc21. The predicted molar refractivity (Wildman–Crippen MR) is 74.0 cm³/mol. The number of aryl methyl sites for hydroxylation is 1. The highest BCUT2D eigenvalue weighted by Crippen LogP contribution is 2.22. The minimum Gasteiger partial charge on any atom is -0.347 e. The zero-order valence-electron chi connectivity index (χ0n) is 11.1. The Morgan fingerprint density at radius 1 is 1.28 bits per heavy atom. The van der Waals surface area contributed by atoms with E-state index in [-0.39, 0.29) is 11.2 Å². The molecule has 1 heterocycles. The van der Waals surface area contributed by atoms with Crippen LogP contribution >= 0.6 is 0 Å². The Hall–Kier alpha value is -1.35. The molecule has 0 atom stereocenters. The van der Waals surface area contributed by atoms with Crippen LogP contribution in [0.15, 0.2) is 30.5 Å². The van der Waals surface area contributed by atoms with Crippen molar-refractivity contribution in [2.24, 2.45) is 11.1 Å². The first kappa shape index (κ1) is 13.1. The molecule has 18 heavy (non-hydrogen) atoms. The molecule has 3 heteroatoms. The summed E-state index contributed by atoms with van der Waals surface area (Å²) in [5, 5.41) is 1.09. The van der Waals surface area contributed by atoms with Gasteiger partial charge in [-0.2, -0.15) is 0 Å². The molecule has 0 spiro atoms. The Labute approximate surface area is 108 Å². The average molecular weight is 248 g/mol. The third-order valence-corrected chi connectivity index (χ3v) is 3.54. The van der Waals surface area contributed by atoms with Gasteiger partial charge in [0.05, 0.1) is 5.52 Å². The quantitative estimate of drug-likeness (QED) is 0.862. The van der Waals surface area contributed by atoms with Crippen molar-refractivity contribution in [2.75, 3.05) is 6.54 Å². The first-order chi connectivity index (χ1) is 8.52. The molecular formula is C15H21FN2. The topological polar surface area (TPSA) is 30.9 Å². The monoisotopic (exact) mass is 248 g/mol. The molecule has 2 rings (SSSR count). The summed E-state index contributed by atoms with van der Waals surface area (Å²) in [7, 11) is 0. The molecule has 0 aliphatic heterocycles. The third kappa shape index (κ3) is 2.91. The lowest BCUT2D eigenvalue weighted by atomic mass is 9.88. The summed E-state index contributed by atoms with van der Waals surface area (Å²) in [6.45, 7) is 5.98. The van der Waals surface area contributed by atoms with Crippen LogP contribution in [0.1, 0.15) is 26.7 Å². The van der Waals surface area contributed by atoms with Crippen molar-refractivity contribution in [3.05, 3.63) is 36.3 Å². The standard InChI is InChI=1S/C15H21FN2/c1-15(2,11-17)7-3-8-18-9-6-12-4-5-13(16)10-14(12)18/h4-6,9-10H,3,7-8,11,17H2,1-2H3. The molecule has 0 radical (unpaired) electrons. The van der Waals surface area contributed by atoms with Gasteiger partial charge in [0.15, 0.2) is 0 Å². The molecule has 0 aliphatic rings. The van der Waals surface area contributed by atoms with Crippen molar-refractivity contribution in [3.63, 3.8) is 0 Å². The molecule has 2 N–H and O–H groups in total. The number of halogens is 1. The molecule has 0 unspecified atom stereocenters. The van der Waals surface area contributed by atoms with E-state index in [1.165, 1.54) is 6.07 Å². The van der Waals surface area contributed by atoms with E-state index in [1.807, 2.05) is 18.3 Å². The van der Waals surface area contributed by atoms with E-state index in [1.54, 1.807) is 6.07 Å². The summed E-state index contributed by atoms with van der Waals surface area (Å²) in [5.41, 5.74) is 6.88. The van der Waals surface area contributed by atoms with Crippen LogP contribution in [0.5, 0.6) is 0 Å². The van der Waals surface area contributed by atoms with Gasteiger partial charge in [-0.15, -0.1) is 0 Å². The highest BCUT2D eigenvalue weighted by atomic mass is 19.1. The van der Waals surface area contributed by atoms with E-state index >= 15 is 0 Å². The lowest BCUT2D eigenvalue weighted by molar-refractivity contribution is 0.328. The number of hydrogen-bond acceptors (Lipinski definition) is 1. The van der Waals surface area contributed by atoms with E-state index in [9.17, 15) is 4.39 Å². The number of nitrogens with zero attached hydrogens (tertiary/aromatic N) is 1. The molecular weight excluding hydrogens is 227 g/mol. The highest BCUT2D eigenvalue weighted by Gasteiger charge is 2.14. The van der Waals surface area contributed by atoms with Crippen molar-refractivity contribution in [3.8, 4) is 0 Å². The maximum absolute atomic E-state index is 13.2. The number of hydrogen-bond donors (Lipinski definition) is 1. The molecule has 2 nitrogen and oxygen atoms in total. The van der Waals surface area contributed by atoms with Crippen molar-refractivity contribution < 1.29 is 4.39 Å². The van der Waals surface area contributed by atoms with Crippen LogP contribution in [0.4, 0.5) is 4.39 Å². The largest absolute Gasteiger partial charge is 0.347 e. The Morgan fingerprint density at radius 2 is 2.06 bits per heavy atom. The van der Waals surface area contributed by atoms with E-state index in [2.05, 4.69) is 18.4 Å². The fourth-order valence-electron chi connectivity index (χ4n) is 2.18. The summed E-state index contributed by atoms with van der Waals surface area (Å²) in [5.74, 6) is -0.176. The Kier molecular flexibility index (Phi) is 3.71. The van der Waals surface area contributed by atoms with Crippen molar-refractivity contribution >= 4 is 10.9 Å². The molecule has 0 amide bonds. The first-order valence-electron chi connectivity index (χ1n) is 6.46. The molecule has 0 fully saturated rings. The lowest BCUT2D eigenvalue weighted by Crippen LogP contribution is -2.23. The van der Waals surface area contributed by atoms with Crippen LogP contribution in [0, 0.1) is 11.2 Å². The number of rotatable bonds is 5. The predicted octanol–water partition coefficient (Wildman–Crippen LogP) is 3.55. The number of nitrogens with two attached hydrogens (primary N) is 1. The molecule has 2 aromatic rings. The minimum atomic E-state index is -0.176. The molecule has 0 saturated carbocycles. The number of benzene rings is 1. The van der Waals surface area contributed by atoms with E-state index in [0.717, 1.165) is 30.3 Å². The zero-order chi connectivity index (χ0) is 13.2.